The maximum absolute atomic E-state index is 4.30. The van der Waals surface area contributed by atoms with E-state index in [1.165, 1.54) is 0 Å². The Labute approximate surface area is 191 Å². The summed E-state index contributed by atoms with van der Waals surface area (Å²) in [4.78, 5) is 0.935. The largest absolute Gasteiger partial charge is 0.143 e. The molecule has 1 aliphatic carbocycles. The van der Waals surface area contributed by atoms with Crippen LogP contribution in [0.5, 0.6) is 0 Å². The molecule has 5 radical (unpaired) electrons. The van der Waals surface area contributed by atoms with Crippen molar-refractivity contribution in [3.8, 4) is 35.5 Å². The van der Waals surface area contributed by atoms with E-state index in [-0.39, 0.29) is 0 Å². The lowest BCUT2D eigenvalue weighted by Crippen LogP contribution is -1.86. The molecular weight excluding hydrogens is 392 g/mol. The van der Waals surface area contributed by atoms with Gasteiger partial charge in [-0.3, -0.25) is 0 Å². The molecule has 0 aliphatic heterocycles. The van der Waals surface area contributed by atoms with Gasteiger partial charge in [-0.2, -0.15) is 0 Å². The monoisotopic (exact) mass is 411 g/mol. The Kier molecular flexibility index (Phi) is 6.85. The Bertz CT molecular complexity index is 1240. The first-order valence-corrected chi connectivity index (χ1v) is 10.4. The molecule has 1 aliphatic rings. The SMILES string of the molecule is Cc1cc(C#Cc2ccc(S)cc2)ccc1C#Cc1ccc(C#C[C]2[CH][CH][CH][CH]2)cc1. The number of benzene rings is 3. The molecule has 145 valence electrons. The second kappa shape index (κ2) is 10.1. The second-order valence-corrected chi connectivity index (χ2v) is 7.59. The minimum Gasteiger partial charge on any atom is -0.143 e. The summed E-state index contributed by atoms with van der Waals surface area (Å²) in [5, 5.41) is 0. The first-order valence-electron chi connectivity index (χ1n) is 9.93. The van der Waals surface area contributed by atoms with E-state index >= 15 is 0 Å². The normalized spacial score (nSPS) is 12.7. The van der Waals surface area contributed by atoms with Crippen LogP contribution < -0.4 is 0 Å². The predicted octanol–water partition coefficient (Wildman–Crippen LogP) is 5.84. The van der Waals surface area contributed by atoms with E-state index in [9.17, 15) is 0 Å². The van der Waals surface area contributed by atoms with Crippen molar-refractivity contribution >= 4 is 12.6 Å². The molecule has 31 heavy (non-hydrogen) atoms. The number of thiol groups is 1. The van der Waals surface area contributed by atoms with Crippen LogP contribution in [-0.4, -0.2) is 0 Å². The standard InChI is InChI=1S/C30H19S/c1-23-22-28(13-12-27-16-20-30(31)21-17-27)15-19-29(23)18-14-26-10-8-25(9-11-26)7-6-24-4-2-3-5-24/h2-5,8-11,15-17,19-22,31H,1H3. The van der Waals surface area contributed by atoms with Crippen LogP contribution in [0.2, 0.25) is 0 Å². The van der Waals surface area contributed by atoms with Crippen molar-refractivity contribution < 1.29 is 0 Å². The first kappa shape index (κ1) is 20.9. The summed E-state index contributed by atoms with van der Waals surface area (Å²) < 4.78 is 0. The van der Waals surface area contributed by atoms with Gasteiger partial charge in [0.1, 0.15) is 0 Å². The lowest BCUT2D eigenvalue weighted by Gasteiger charge is -1.99. The molecule has 3 aromatic rings. The van der Waals surface area contributed by atoms with Crippen molar-refractivity contribution in [3.05, 3.63) is 132 Å². The van der Waals surface area contributed by atoms with Gasteiger partial charge in [-0.15, -0.1) is 12.6 Å². The van der Waals surface area contributed by atoms with E-state index in [0.29, 0.717) is 0 Å². The van der Waals surface area contributed by atoms with Crippen LogP contribution in [0, 0.1) is 74.0 Å². The highest BCUT2D eigenvalue weighted by Crippen LogP contribution is 2.21. The molecule has 0 bridgehead atoms. The smallest absolute Gasteiger partial charge is 0.0558 e. The third kappa shape index (κ3) is 6.09. The number of hydrogen-bond acceptors (Lipinski definition) is 1. The van der Waals surface area contributed by atoms with E-state index in [0.717, 1.165) is 44.2 Å². The van der Waals surface area contributed by atoms with E-state index in [4.69, 9.17) is 0 Å². The molecule has 0 amide bonds. The quantitative estimate of drug-likeness (QED) is 0.349. The molecule has 0 heterocycles. The van der Waals surface area contributed by atoms with Gasteiger partial charge >= 0.3 is 0 Å². The fraction of sp³-hybridized carbons (Fsp3) is 0.0333. The maximum atomic E-state index is 4.30. The molecule has 0 unspecified atom stereocenters. The predicted molar refractivity (Wildman–Crippen MR) is 131 cm³/mol. The first-order chi connectivity index (χ1) is 15.2. The van der Waals surface area contributed by atoms with Crippen LogP contribution in [0.15, 0.2) is 71.6 Å². The highest BCUT2D eigenvalue weighted by molar-refractivity contribution is 7.80. The van der Waals surface area contributed by atoms with Crippen molar-refractivity contribution in [2.24, 2.45) is 0 Å². The summed E-state index contributed by atoms with van der Waals surface area (Å²) in [6.45, 7) is 2.06. The van der Waals surface area contributed by atoms with Crippen molar-refractivity contribution in [3.63, 3.8) is 0 Å². The lowest BCUT2D eigenvalue weighted by molar-refractivity contribution is 1.42. The molecule has 0 atom stereocenters. The van der Waals surface area contributed by atoms with Gasteiger partial charge < -0.3 is 0 Å². The van der Waals surface area contributed by atoms with Crippen molar-refractivity contribution in [1.29, 1.82) is 0 Å². The summed E-state index contributed by atoms with van der Waals surface area (Å²) in [5.74, 6) is 20.3. The van der Waals surface area contributed by atoms with E-state index in [1.807, 2.05) is 86.3 Å². The highest BCUT2D eigenvalue weighted by Gasteiger charge is 2.13. The van der Waals surface area contributed by atoms with E-state index in [1.54, 1.807) is 0 Å². The zero-order chi connectivity index (χ0) is 21.5. The van der Waals surface area contributed by atoms with Gasteiger partial charge in [-0.25, -0.2) is 0 Å². The average Bonchev–Trinajstić information content (AvgIpc) is 3.31. The van der Waals surface area contributed by atoms with Gasteiger partial charge in [-0.05, 0) is 105 Å². The van der Waals surface area contributed by atoms with Crippen LogP contribution in [0.1, 0.15) is 33.4 Å². The Morgan fingerprint density at radius 3 is 1.65 bits per heavy atom. The van der Waals surface area contributed by atoms with Crippen molar-refractivity contribution in [1.82, 2.24) is 0 Å². The van der Waals surface area contributed by atoms with Crippen molar-refractivity contribution in [2.45, 2.75) is 11.8 Å². The van der Waals surface area contributed by atoms with Gasteiger partial charge in [0.15, 0.2) is 0 Å². The molecule has 0 nitrogen and oxygen atoms in total. The molecular formula is C30H19S. The number of rotatable bonds is 0. The Morgan fingerprint density at radius 1 is 0.548 bits per heavy atom. The van der Waals surface area contributed by atoms with Crippen LogP contribution in [0.4, 0.5) is 0 Å². The van der Waals surface area contributed by atoms with Crippen LogP contribution in [0.3, 0.4) is 0 Å². The average molecular weight is 412 g/mol. The third-order valence-electron chi connectivity index (χ3n) is 4.69. The third-order valence-corrected chi connectivity index (χ3v) is 4.98. The molecule has 0 spiro atoms. The molecule has 1 saturated carbocycles. The van der Waals surface area contributed by atoms with E-state index in [2.05, 4.69) is 61.1 Å². The van der Waals surface area contributed by atoms with Gasteiger partial charge in [0.2, 0.25) is 0 Å². The summed E-state index contributed by atoms with van der Waals surface area (Å²) in [5.41, 5.74) is 6.02. The van der Waals surface area contributed by atoms with Gasteiger partial charge in [0.05, 0.1) is 5.92 Å². The number of hydrogen-bond donors (Lipinski definition) is 1. The lowest BCUT2D eigenvalue weighted by atomic mass is 10.0. The van der Waals surface area contributed by atoms with Gasteiger partial charge in [0, 0.05) is 32.7 Å². The topological polar surface area (TPSA) is 0 Å². The minimum absolute atomic E-state index is 0.935. The second-order valence-electron chi connectivity index (χ2n) is 7.08. The Balaban J connectivity index is 1.43. The van der Waals surface area contributed by atoms with Crippen molar-refractivity contribution in [2.75, 3.05) is 0 Å². The summed E-state index contributed by atoms with van der Waals surface area (Å²) in [7, 11) is 0. The van der Waals surface area contributed by atoms with Crippen LogP contribution in [-0.2, 0) is 0 Å². The molecule has 0 aromatic heterocycles. The van der Waals surface area contributed by atoms with E-state index < -0.39 is 0 Å². The summed E-state index contributed by atoms with van der Waals surface area (Å²) >= 11 is 4.30. The van der Waals surface area contributed by atoms with Gasteiger partial charge in [0.25, 0.3) is 0 Å². The molecule has 3 aromatic carbocycles. The molecule has 4 rings (SSSR count). The molecule has 0 N–H and O–H groups in total. The molecule has 1 heteroatoms. The number of aryl methyl sites for hydroxylation is 1. The minimum atomic E-state index is 0.935. The maximum Gasteiger partial charge on any atom is 0.0558 e. The highest BCUT2D eigenvalue weighted by atomic mass is 32.1. The fourth-order valence-electron chi connectivity index (χ4n) is 2.95. The summed E-state index contributed by atoms with van der Waals surface area (Å²) in [6.07, 6.45) is 7.99. The van der Waals surface area contributed by atoms with Crippen LogP contribution in [0.25, 0.3) is 0 Å². The Morgan fingerprint density at radius 2 is 1.03 bits per heavy atom. The zero-order valence-electron chi connectivity index (χ0n) is 17.1. The Hall–Kier alpha value is -3.31. The summed E-state index contributed by atoms with van der Waals surface area (Å²) in [6, 6.07) is 22.0. The molecule has 1 fully saturated rings. The fourth-order valence-corrected chi connectivity index (χ4v) is 3.10. The molecule has 0 saturated heterocycles. The zero-order valence-corrected chi connectivity index (χ0v) is 18.0. The van der Waals surface area contributed by atoms with Crippen LogP contribution >= 0.6 is 12.6 Å². The van der Waals surface area contributed by atoms with Gasteiger partial charge in [-0.1, -0.05) is 35.5 Å².